The third-order valence-corrected chi connectivity index (χ3v) is 4.57. The molecule has 0 heterocycles. The number of carbonyl (C=O) groups is 1. The molecule has 0 saturated heterocycles. The van der Waals surface area contributed by atoms with Crippen LogP contribution in [0.4, 0.5) is 5.69 Å². The number of ether oxygens (including phenoxy) is 1. The highest BCUT2D eigenvalue weighted by Gasteiger charge is 2.39. The van der Waals surface area contributed by atoms with Crippen molar-refractivity contribution in [3.05, 3.63) is 28.7 Å². The predicted molar refractivity (Wildman–Crippen MR) is 89.4 cm³/mol. The molecule has 0 atom stereocenters. The van der Waals surface area contributed by atoms with Gasteiger partial charge in [-0.2, -0.15) is 0 Å². The summed E-state index contributed by atoms with van der Waals surface area (Å²) >= 11 is 3.48. The fourth-order valence-electron chi connectivity index (χ4n) is 3.00. The molecule has 0 bridgehead atoms. The van der Waals surface area contributed by atoms with E-state index in [1.54, 1.807) is 0 Å². The Kier molecular flexibility index (Phi) is 6.09. The highest BCUT2D eigenvalue weighted by Crippen LogP contribution is 2.32. The van der Waals surface area contributed by atoms with E-state index in [1.165, 1.54) is 19.3 Å². The van der Waals surface area contributed by atoms with Crippen LogP contribution < -0.4 is 5.32 Å². The Morgan fingerprint density at radius 2 is 1.90 bits per heavy atom. The van der Waals surface area contributed by atoms with Crippen molar-refractivity contribution in [3.8, 4) is 0 Å². The fraction of sp³-hybridized carbons (Fsp3) is 0.588. The van der Waals surface area contributed by atoms with Gasteiger partial charge in [0.25, 0.3) is 0 Å². The van der Waals surface area contributed by atoms with E-state index in [2.05, 4.69) is 21.2 Å². The smallest absolute Gasteiger partial charge is 0.331 e. The molecule has 0 radical (unpaired) electrons. The number of halogens is 1. The molecule has 0 spiro atoms. The van der Waals surface area contributed by atoms with Gasteiger partial charge in [0.15, 0.2) is 0 Å². The normalized spacial score (nSPS) is 18.4. The van der Waals surface area contributed by atoms with E-state index < -0.39 is 5.54 Å². The number of benzene rings is 1. The molecule has 4 heteroatoms. The Hall–Kier alpha value is -1.03. The average Bonchev–Trinajstić information content (AvgIpc) is 2.42. The second-order valence-electron chi connectivity index (χ2n) is 5.71. The molecule has 0 aromatic heterocycles. The number of nitrogens with one attached hydrogen (secondary N) is 1. The molecule has 1 aromatic carbocycles. The van der Waals surface area contributed by atoms with E-state index in [1.807, 2.05) is 31.2 Å². The van der Waals surface area contributed by atoms with E-state index in [0.717, 1.165) is 35.8 Å². The first-order chi connectivity index (χ1) is 10.2. The van der Waals surface area contributed by atoms with Crippen LogP contribution in [0.1, 0.15) is 51.9 Å². The van der Waals surface area contributed by atoms with Crippen LogP contribution in [0.2, 0.25) is 0 Å². The number of hydrogen-bond donors (Lipinski definition) is 1. The van der Waals surface area contributed by atoms with Crippen LogP contribution in [-0.4, -0.2) is 18.1 Å². The van der Waals surface area contributed by atoms with Crippen molar-refractivity contribution in [2.24, 2.45) is 0 Å². The van der Waals surface area contributed by atoms with Gasteiger partial charge in [-0.05, 0) is 38.0 Å². The number of carbonyl (C=O) groups excluding carboxylic acids is 1. The summed E-state index contributed by atoms with van der Waals surface area (Å²) in [6, 6.07) is 7.98. The van der Waals surface area contributed by atoms with Crippen LogP contribution in [0.5, 0.6) is 0 Å². The standard InChI is InChI=1S/C17H24BrNO2/c1-2-21-16(20)17(11-6-4-3-5-7-12-17)19-15-10-8-9-14(18)13-15/h8-10,13,19H,2-7,11-12H2,1H3. The van der Waals surface area contributed by atoms with Gasteiger partial charge in [0, 0.05) is 10.2 Å². The number of anilines is 1. The van der Waals surface area contributed by atoms with Gasteiger partial charge in [0.2, 0.25) is 0 Å². The lowest BCUT2D eigenvalue weighted by Gasteiger charge is -2.35. The van der Waals surface area contributed by atoms with E-state index in [-0.39, 0.29) is 5.97 Å². The van der Waals surface area contributed by atoms with Gasteiger partial charge in [-0.15, -0.1) is 0 Å². The Labute approximate surface area is 135 Å². The third kappa shape index (κ3) is 4.47. The van der Waals surface area contributed by atoms with Gasteiger partial charge in [-0.3, -0.25) is 0 Å². The highest BCUT2D eigenvalue weighted by molar-refractivity contribution is 9.10. The molecule has 21 heavy (non-hydrogen) atoms. The van der Waals surface area contributed by atoms with Crippen molar-refractivity contribution in [2.75, 3.05) is 11.9 Å². The molecule has 1 aliphatic rings. The molecule has 1 fully saturated rings. The first kappa shape index (κ1) is 16.3. The number of hydrogen-bond acceptors (Lipinski definition) is 3. The van der Waals surface area contributed by atoms with E-state index >= 15 is 0 Å². The van der Waals surface area contributed by atoms with Crippen molar-refractivity contribution < 1.29 is 9.53 Å². The van der Waals surface area contributed by atoms with Gasteiger partial charge in [-0.25, -0.2) is 4.79 Å². The minimum absolute atomic E-state index is 0.105. The lowest BCUT2D eigenvalue weighted by Crippen LogP contribution is -2.48. The van der Waals surface area contributed by atoms with Crippen LogP contribution in [0, 0.1) is 0 Å². The maximum absolute atomic E-state index is 12.6. The van der Waals surface area contributed by atoms with E-state index in [0.29, 0.717) is 6.61 Å². The van der Waals surface area contributed by atoms with E-state index in [4.69, 9.17) is 4.74 Å². The minimum Gasteiger partial charge on any atom is -0.464 e. The van der Waals surface area contributed by atoms with Crippen molar-refractivity contribution >= 4 is 27.6 Å². The van der Waals surface area contributed by atoms with Crippen molar-refractivity contribution in [1.29, 1.82) is 0 Å². The fourth-order valence-corrected chi connectivity index (χ4v) is 3.40. The molecule has 0 aliphatic heterocycles. The molecular weight excluding hydrogens is 330 g/mol. The molecule has 1 N–H and O–H groups in total. The summed E-state index contributed by atoms with van der Waals surface area (Å²) in [7, 11) is 0. The molecule has 1 aliphatic carbocycles. The lowest BCUT2D eigenvalue weighted by atomic mass is 9.83. The highest BCUT2D eigenvalue weighted by atomic mass is 79.9. The second kappa shape index (κ2) is 7.83. The van der Waals surface area contributed by atoms with Crippen LogP contribution >= 0.6 is 15.9 Å². The largest absolute Gasteiger partial charge is 0.464 e. The summed E-state index contributed by atoms with van der Waals surface area (Å²) in [5.74, 6) is -0.105. The zero-order valence-corrected chi connectivity index (χ0v) is 14.2. The van der Waals surface area contributed by atoms with Crippen molar-refractivity contribution in [3.63, 3.8) is 0 Å². The molecule has 0 unspecified atom stereocenters. The molecule has 2 rings (SSSR count). The summed E-state index contributed by atoms with van der Waals surface area (Å²) in [6.07, 6.45) is 7.49. The van der Waals surface area contributed by atoms with E-state index in [9.17, 15) is 4.79 Å². The van der Waals surface area contributed by atoms with Crippen molar-refractivity contribution in [1.82, 2.24) is 0 Å². The summed E-state index contributed by atoms with van der Waals surface area (Å²) < 4.78 is 6.38. The maximum Gasteiger partial charge on any atom is 0.331 e. The van der Waals surface area contributed by atoms with Crippen molar-refractivity contribution in [2.45, 2.75) is 57.4 Å². The third-order valence-electron chi connectivity index (χ3n) is 4.08. The van der Waals surface area contributed by atoms with Gasteiger partial charge >= 0.3 is 5.97 Å². The second-order valence-corrected chi connectivity index (χ2v) is 6.62. The molecular formula is C17H24BrNO2. The Morgan fingerprint density at radius 3 is 2.52 bits per heavy atom. The summed E-state index contributed by atoms with van der Waals surface area (Å²) in [5, 5.41) is 3.48. The van der Waals surface area contributed by atoms with Gasteiger partial charge < -0.3 is 10.1 Å². The van der Waals surface area contributed by atoms with Gasteiger partial charge in [-0.1, -0.05) is 54.1 Å². The summed E-state index contributed by atoms with van der Waals surface area (Å²) in [6.45, 7) is 2.30. The molecule has 1 aromatic rings. The van der Waals surface area contributed by atoms with Gasteiger partial charge in [0.05, 0.1) is 6.61 Å². The Balaban J connectivity index is 2.23. The first-order valence-electron chi connectivity index (χ1n) is 7.87. The zero-order valence-electron chi connectivity index (χ0n) is 12.7. The molecule has 0 amide bonds. The number of rotatable bonds is 4. The minimum atomic E-state index is -0.572. The van der Waals surface area contributed by atoms with Crippen LogP contribution in [0.3, 0.4) is 0 Å². The van der Waals surface area contributed by atoms with Crippen LogP contribution in [0.15, 0.2) is 28.7 Å². The Bertz CT molecular complexity index is 468. The lowest BCUT2D eigenvalue weighted by molar-refractivity contribution is -0.149. The zero-order chi connectivity index (χ0) is 15.1. The Morgan fingerprint density at radius 1 is 1.24 bits per heavy atom. The molecule has 3 nitrogen and oxygen atoms in total. The molecule has 1 saturated carbocycles. The molecule has 116 valence electrons. The maximum atomic E-state index is 12.6. The summed E-state index contributed by atoms with van der Waals surface area (Å²) in [5.41, 5.74) is 0.398. The monoisotopic (exact) mass is 353 g/mol. The quantitative estimate of drug-likeness (QED) is 0.781. The van der Waals surface area contributed by atoms with Crippen LogP contribution in [0.25, 0.3) is 0 Å². The SMILES string of the molecule is CCOC(=O)C1(Nc2cccc(Br)c2)CCCCCCC1. The first-order valence-corrected chi connectivity index (χ1v) is 8.66. The van der Waals surface area contributed by atoms with Crippen LogP contribution in [-0.2, 0) is 9.53 Å². The topological polar surface area (TPSA) is 38.3 Å². The summed E-state index contributed by atoms with van der Waals surface area (Å²) in [4.78, 5) is 12.6. The predicted octanol–water partition coefficient (Wildman–Crippen LogP) is 4.91. The van der Waals surface area contributed by atoms with Gasteiger partial charge in [0.1, 0.15) is 5.54 Å². The number of esters is 1. The average molecular weight is 354 g/mol.